The van der Waals surface area contributed by atoms with E-state index in [4.69, 9.17) is 9.05 Å². The van der Waals surface area contributed by atoms with Crippen molar-refractivity contribution in [2.45, 2.75) is 251 Å². The summed E-state index contributed by atoms with van der Waals surface area (Å²) in [6, 6.07) is -0.906. The number of likely N-dealkylation sites (N-methyl/N-ethyl adjacent to an activating group) is 1. The molecule has 0 spiro atoms. The molecule has 0 bridgehead atoms. The topological polar surface area (TPSA) is 108 Å². The maximum Gasteiger partial charge on any atom is 0.268 e. The van der Waals surface area contributed by atoms with Crippen molar-refractivity contribution in [1.82, 2.24) is 5.32 Å². The molecule has 3 atom stereocenters. The number of aliphatic hydroxyl groups excluding tert-OH is 1. The zero-order chi connectivity index (χ0) is 45.0. The molecule has 0 aliphatic heterocycles. The third kappa shape index (κ3) is 46.5. The summed E-state index contributed by atoms with van der Waals surface area (Å²) in [5, 5.41) is 13.8. The van der Waals surface area contributed by atoms with Crippen LogP contribution in [0.4, 0.5) is 0 Å². The second-order valence-corrected chi connectivity index (χ2v) is 20.3. The van der Waals surface area contributed by atoms with Crippen molar-refractivity contribution in [3.63, 3.8) is 0 Å². The first-order valence-corrected chi connectivity index (χ1v) is 27.3. The number of hydrogen-bond acceptors (Lipinski definition) is 6. The second kappa shape index (κ2) is 43.9. The minimum atomic E-state index is -4.60. The van der Waals surface area contributed by atoms with Gasteiger partial charge >= 0.3 is 0 Å². The zero-order valence-corrected chi connectivity index (χ0v) is 41.8. The molecule has 0 aromatic carbocycles. The van der Waals surface area contributed by atoms with Crippen LogP contribution >= 0.6 is 7.82 Å². The fourth-order valence-electron chi connectivity index (χ4n) is 7.46. The number of quaternary nitrogens is 1. The number of aliphatic hydroxyl groups is 1. The van der Waals surface area contributed by atoms with Gasteiger partial charge in [0.15, 0.2) is 0 Å². The van der Waals surface area contributed by atoms with E-state index in [0.717, 1.165) is 57.8 Å². The number of carbonyl (C=O) groups excluding carboxylic acids is 1. The molecule has 9 heteroatoms. The monoisotopic (exact) mass is 881 g/mol. The lowest BCUT2D eigenvalue weighted by atomic mass is 10.0. The van der Waals surface area contributed by atoms with Crippen molar-refractivity contribution in [2.75, 3.05) is 40.9 Å². The van der Waals surface area contributed by atoms with Gasteiger partial charge in [-0.2, -0.15) is 0 Å². The molecule has 0 rings (SSSR count). The van der Waals surface area contributed by atoms with E-state index >= 15 is 0 Å². The van der Waals surface area contributed by atoms with Crippen LogP contribution in [0.25, 0.3) is 0 Å². The van der Waals surface area contributed by atoms with E-state index in [-0.39, 0.29) is 12.5 Å². The molecule has 0 heterocycles. The molecule has 8 nitrogen and oxygen atoms in total. The molecular formula is C52H101N2O6P. The highest BCUT2D eigenvalue weighted by Gasteiger charge is 2.23. The van der Waals surface area contributed by atoms with Gasteiger partial charge in [0, 0.05) is 6.42 Å². The molecule has 0 saturated heterocycles. The van der Waals surface area contributed by atoms with E-state index < -0.39 is 26.6 Å². The van der Waals surface area contributed by atoms with Gasteiger partial charge in [-0.15, -0.1) is 0 Å². The van der Waals surface area contributed by atoms with Gasteiger partial charge in [-0.3, -0.25) is 9.36 Å². The smallest absolute Gasteiger partial charge is 0.268 e. The Morgan fingerprint density at radius 1 is 0.557 bits per heavy atom. The number of phosphoric ester groups is 1. The first-order valence-electron chi connectivity index (χ1n) is 25.9. The van der Waals surface area contributed by atoms with E-state index in [2.05, 4.69) is 43.5 Å². The van der Waals surface area contributed by atoms with Crippen molar-refractivity contribution in [2.24, 2.45) is 0 Å². The lowest BCUT2D eigenvalue weighted by Gasteiger charge is -2.29. The number of rotatable bonds is 47. The molecule has 0 radical (unpaired) electrons. The van der Waals surface area contributed by atoms with Crippen molar-refractivity contribution >= 4 is 13.7 Å². The Balaban J connectivity index is 4.26. The summed E-state index contributed by atoms with van der Waals surface area (Å²) in [5.41, 5.74) is 0. The number of phosphoric acid groups is 1. The normalized spacial score (nSPS) is 14.4. The predicted molar refractivity (Wildman–Crippen MR) is 261 cm³/mol. The van der Waals surface area contributed by atoms with Gasteiger partial charge in [-0.05, 0) is 57.8 Å². The van der Waals surface area contributed by atoms with Gasteiger partial charge in [0.1, 0.15) is 13.2 Å². The molecule has 2 N–H and O–H groups in total. The molecule has 1 amide bonds. The van der Waals surface area contributed by atoms with Crippen LogP contribution in [0.15, 0.2) is 36.5 Å². The molecule has 0 aromatic heterocycles. The summed E-state index contributed by atoms with van der Waals surface area (Å²) in [6.07, 6.45) is 55.0. The summed E-state index contributed by atoms with van der Waals surface area (Å²) in [6.45, 7) is 4.62. The Kier molecular flexibility index (Phi) is 43.0. The van der Waals surface area contributed by atoms with E-state index in [1.165, 1.54) is 161 Å². The predicted octanol–water partition coefficient (Wildman–Crippen LogP) is 14.4. The van der Waals surface area contributed by atoms with Gasteiger partial charge in [0.2, 0.25) is 5.91 Å². The van der Waals surface area contributed by atoms with Crippen molar-refractivity contribution in [3.05, 3.63) is 36.5 Å². The van der Waals surface area contributed by atoms with Crippen LogP contribution in [0, 0.1) is 0 Å². The highest BCUT2D eigenvalue weighted by atomic mass is 31.2. The van der Waals surface area contributed by atoms with Crippen LogP contribution in [0.5, 0.6) is 0 Å². The molecular weight excluding hydrogens is 780 g/mol. The Morgan fingerprint density at radius 2 is 0.918 bits per heavy atom. The fraction of sp³-hybridized carbons (Fsp3) is 0.865. The number of unbranched alkanes of at least 4 members (excludes halogenated alkanes) is 30. The minimum absolute atomic E-state index is 0.00774. The maximum atomic E-state index is 12.9. The summed E-state index contributed by atoms with van der Waals surface area (Å²) in [7, 11) is 1.24. The van der Waals surface area contributed by atoms with Crippen molar-refractivity contribution < 1.29 is 32.9 Å². The summed E-state index contributed by atoms with van der Waals surface area (Å²) in [4.78, 5) is 25.3. The number of allylic oxidation sites excluding steroid dienone is 5. The summed E-state index contributed by atoms with van der Waals surface area (Å²) in [5.74, 6) is -0.216. The maximum absolute atomic E-state index is 12.9. The van der Waals surface area contributed by atoms with Gasteiger partial charge in [-0.1, -0.05) is 211 Å². The summed E-state index contributed by atoms with van der Waals surface area (Å²) >= 11 is 0. The Morgan fingerprint density at radius 3 is 1.34 bits per heavy atom. The van der Waals surface area contributed by atoms with Crippen LogP contribution in [-0.2, 0) is 18.4 Å². The van der Waals surface area contributed by atoms with Gasteiger partial charge < -0.3 is 28.8 Å². The average Bonchev–Trinajstić information content (AvgIpc) is 3.21. The second-order valence-electron chi connectivity index (χ2n) is 18.9. The van der Waals surface area contributed by atoms with Gasteiger partial charge in [-0.25, -0.2) is 0 Å². The van der Waals surface area contributed by atoms with Crippen molar-refractivity contribution in [3.8, 4) is 0 Å². The molecule has 0 saturated carbocycles. The van der Waals surface area contributed by atoms with E-state index in [0.29, 0.717) is 17.4 Å². The average molecular weight is 881 g/mol. The Bertz CT molecular complexity index is 1090. The van der Waals surface area contributed by atoms with E-state index in [1.807, 2.05) is 27.2 Å². The summed E-state index contributed by atoms with van der Waals surface area (Å²) < 4.78 is 23.2. The van der Waals surface area contributed by atoms with Crippen LogP contribution < -0.4 is 10.2 Å². The number of nitrogens with one attached hydrogen (secondary N) is 1. The molecule has 360 valence electrons. The van der Waals surface area contributed by atoms with Crippen molar-refractivity contribution in [1.29, 1.82) is 0 Å². The van der Waals surface area contributed by atoms with Gasteiger partial charge in [0.05, 0.1) is 39.9 Å². The van der Waals surface area contributed by atoms with Gasteiger partial charge in [0.25, 0.3) is 7.82 Å². The standard InChI is InChI=1S/C52H101N2O6P/c1-6-8-10-12-14-16-18-20-21-22-23-24-25-26-27-28-29-30-31-32-34-35-37-39-41-43-45-51(55)50(49-60-61(57,58)59-48-47-54(3,4)5)53-52(56)46-44-42-40-38-36-33-19-17-15-13-11-9-7-2/h17,19,35,37,43,45,50-51,55H,6-16,18,20-34,36,38-42,44,46-49H2,1-5H3,(H-,53,56,57,58)/b19-17-,37-35+,45-43+. The Hall–Kier alpha value is -1.28. The fourth-order valence-corrected chi connectivity index (χ4v) is 8.18. The first kappa shape index (κ1) is 59.7. The third-order valence-corrected chi connectivity index (χ3v) is 12.5. The van der Waals surface area contributed by atoms with Crippen LogP contribution in [0.2, 0.25) is 0 Å². The van der Waals surface area contributed by atoms with Crippen LogP contribution in [-0.4, -0.2) is 68.5 Å². The molecule has 61 heavy (non-hydrogen) atoms. The lowest BCUT2D eigenvalue weighted by Crippen LogP contribution is -2.45. The Labute approximate surface area is 378 Å². The molecule has 0 aliphatic carbocycles. The number of hydrogen-bond donors (Lipinski definition) is 2. The van der Waals surface area contributed by atoms with Crippen LogP contribution in [0.1, 0.15) is 239 Å². The van der Waals surface area contributed by atoms with E-state index in [1.54, 1.807) is 6.08 Å². The quantitative estimate of drug-likeness (QED) is 0.0273. The third-order valence-electron chi connectivity index (χ3n) is 11.6. The highest BCUT2D eigenvalue weighted by Crippen LogP contribution is 2.38. The first-order chi connectivity index (χ1) is 29.5. The number of nitrogens with zero attached hydrogens (tertiary/aromatic N) is 1. The molecule has 0 fully saturated rings. The molecule has 3 unspecified atom stereocenters. The minimum Gasteiger partial charge on any atom is -0.756 e. The van der Waals surface area contributed by atoms with E-state index in [9.17, 15) is 19.4 Å². The van der Waals surface area contributed by atoms with Crippen LogP contribution in [0.3, 0.4) is 0 Å². The SMILES string of the molecule is CCCCCC/C=C\CCCCCCCC(=O)NC(COP(=O)([O-])OCC[N+](C)(C)C)C(O)/C=C/CC/C=C/CCCCCCCCCCCCCCCCCCCCCC. The number of amides is 1. The molecule has 0 aliphatic rings. The highest BCUT2D eigenvalue weighted by molar-refractivity contribution is 7.45. The zero-order valence-electron chi connectivity index (χ0n) is 40.9. The number of carbonyl (C=O) groups is 1. The largest absolute Gasteiger partial charge is 0.756 e. The lowest BCUT2D eigenvalue weighted by molar-refractivity contribution is -0.870. The molecule has 0 aromatic rings.